The van der Waals surface area contributed by atoms with Crippen molar-refractivity contribution >= 4 is 11.9 Å². The number of carbonyl (C=O) groups is 2. The Morgan fingerprint density at radius 1 is 1.19 bits per heavy atom. The molecule has 26 heavy (non-hydrogen) atoms. The molecule has 1 aromatic carbocycles. The van der Waals surface area contributed by atoms with Gasteiger partial charge in [0.1, 0.15) is 0 Å². The molecule has 1 aromatic heterocycles. The maximum absolute atomic E-state index is 12.5. The average Bonchev–Trinajstić information content (AvgIpc) is 3.22. The maximum Gasteiger partial charge on any atom is 0.359 e. The second-order valence-corrected chi connectivity index (χ2v) is 7.05. The Morgan fingerprint density at radius 2 is 1.92 bits per heavy atom. The van der Waals surface area contributed by atoms with Gasteiger partial charge in [-0.3, -0.25) is 4.79 Å². The molecule has 1 aliphatic carbocycles. The van der Waals surface area contributed by atoms with Gasteiger partial charge in [0.05, 0.1) is 5.69 Å². The minimum atomic E-state index is -0.537. The van der Waals surface area contributed by atoms with E-state index in [-0.39, 0.29) is 18.6 Å². The van der Waals surface area contributed by atoms with E-state index in [0.717, 1.165) is 36.2 Å². The van der Waals surface area contributed by atoms with E-state index in [0.29, 0.717) is 11.6 Å². The molecular weight excluding hydrogens is 330 g/mol. The lowest BCUT2D eigenvalue weighted by Crippen LogP contribution is -2.38. The summed E-state index contributed by atoms with van der Waals surface area (Å²) >= 11 is 0. The molecule has 1 N–H and O–H groups in total. The van der Waals surface area contributed by atoms with Crippen LogP contribution in [-0.2, 0) is 22.4 Å². The van der Waals surface area contributed by atoms with E-state index < -0.39 is 5.97 Å². The minimum Gasteiger partial charge on any atom is -0.451 e. The number of ether oxygens (including phenoxy) is 1. The predicted octanol–water partition coefficient (Wildman–Crippen LogP) is 2.68. The van der Waals surface area contributed by atoms with Gasteiger partial charge in [0.2, 0.25) is 0 Å². The number of nitrogens with zero attached hydrogens (tertiary/aromatic N) is 2. The van der Waals surface area contributed by atoms with Crippen LogP contribution in [0.15, 0.2) is 30.3 Å². The van der Waals surface area contributed by atoms with Gasteiger partial charge in [-0.2, -0.15) is 5.10 Å². The van der Waals surface area contributed by atoms with Crippen LogP contribution in [0.2, 0.25) is 0 Å². The van der Waals surface area contributed by atoms with E-state index in [1.54, 1.807) is 0 Å². The quantitative estimate of drug-likeness (QED) is 0.809. The highest BCUT2D eigenvalue weighted by atomic mass is 16.5. The Kier molecular flexibility index (Phi) is 5.40. The number of nitrogens with one attached hydrogen (secondary N) is 1. The molecule has 0 saturated heterocycles. The van der Waals surface area contributed by atoms with Gasteiger partial charge in [-0.05, 0) is 44.2 Å². The van der Waals surface area contributed by atoms with E-state index in [2.05, 4.69) is 10.4 Å². The molecule has 3 rings (SSSR count). The average molecular weight is 355 g/mol. The number of esters is 1. The Morgan fingerprint density at radius 3 is 2.62 bits per heavy atom. The normalized spacial score (nSPS) is 14.2. The van der Waals surface area contributed by atoms with E-state index in [1.807, 2.05) is 55.8 Å². The number of fused-ring (bicyclic) bond motifs is 1. The van der Waals surface area contributed by atoms with Crippen LogP contribution < -0.4 is 5.32 Å². The number of para-hydroxylation sites is 1. The van der Waals surface area contributed by atoms with Gasteiger partial charge in [-0.15, -0.1) is 0 Å². The number of hydrogen-bond donors (Lipinski definition) is 1. The predicted molar refractivity (Wildman–Crippen MR) is 98.3 cm³/mol. The zero-order valence-electron chi connectivity index (χ0n) is 15.5. The van der Waals surface area contributed by atoms with Crippen LogP contribution in [0.1, 0.15) is 48.9 Å². The lowest BCUT2D eigenvalue weighted by atomic mass is 10.1. The lowest BCUT2D eigenvalue weighted by molar-refractivity contribution is -0.125. The fourth-order valence-corrected chi connectivity index (χ4v) is 3.05. The molecule has 0 saturated carbocycles. The Bertz CT molecular complexity index is 796. The van der Waals surface area contributed by atoms with Gasteiger partial charge in [0, 0.05) is 17.3 Å². The monoisotopic (exact) mass is 355 g/mol. The maximum atomic E-state index is 12.5. The number of carbonyl (C=O) groups excluding carboxylic acids is 2. The largest absolute Gasteiger partial charge is 0.451 e. The van der Waals surface area contributed by atoms with Crippen LogP contribution in [0.4, 0.5) is 0 Å². The number of hydrogen-bond acceptors (Lipinski definition) is 4. The molecule has 1 aliphatic rings. The summed E-state index contributed by atoms with van der Waals surface area (Å²) in [5.41, 5.74) is 3.25. The number of amides is 1. The number of rotatable bonds is 6. The summed E-state index contributed by atoms with van der Waals surface area (Å²) in [6, 6.07) is 9.78. The van der Waals surface area contributed by atoms with E-state index >= 15 is 0 Å². The molecule has 1 atom stereocenters. The molecule has 2 aromatic rings. The van der Waals surface area contributed by atoms with Crippen LogP contribution in [0.25, 0.3) is 5.69 Å². The van der Waals surface area contributed by atoms with E-state index in [9.17, 15) is 9.59 Å². The Labute approximate surface area is 153 Å². The lowest BCUT2D eigenvalue weighted by Gasteiger charge is -2.17. The first-order valence-electron chi connectivity index (χ1n) is 9.10. The molecule has 138 valence electrons. The van der Waals surface area contributed by atoms with Crippen molar-refractivity contribution in [3.8, 4) is 5.69 Å². The summed E-state index contributed by atoms with van der Waals surface area (Å²) < 4.78 is 7.04. The Hall–Kier alpha value is -2.63. The van der Waals surface area contributed by atoms with E-state index in [4.69, 9.17) is 4.74 Å². The molecule has 0 aliphatic heterocycles. The molecule has 6 nitrogen and oxygen atoms in total. The first-order chi connectivity index (χ1) is 12.5. The minimum absolute atomic E-state index is 0.0303. The summed E-state index contributed by atoms with van der Waals surface area (Å²) in [6.07, 6.45) is 2.69. The third kappa shape index (κ3) is 3.79. The van der Waals surface area contributed by atoms with Crippen LogP contribution in [-0.4, -0.2) is 34.3 Å². The fraction of sp³-hybridized carbons (Fsp3) is 0.450. The summed E-state index contributed by atoms with van der Waals surface area (Å²) in [5.74, 6) is -0.511. The molecule has 0 unspecified atom stereocenters. The molecule has 0 radical (unpaired) electrons. The molecule has 6 heteroatoms. The van der Waals surface area contributed by atoms with Crippen molar-refractivity contribution < 1.29 is 14.3 Å². The van der Waals surface area contributed by atoms with Crippen LogP contribution in [0, 0.1) is 5.92 Å². The molecule has 0 fully saturated rings. The summed E-state index contributed by atoms with van der Waals surface area (Å²) in [7, 11) is 0. The summed E-state index contributed by atoms with van der Waals surface area (Å²) in [5, 5.41) is 7.31. The van der Waals surface area contributed by atoms with Gasteiger partial charge >= 0.3 is 5.97 Å². The SMILES string of the molecule is CC(C)[C@@H](C)NC(=O)COC(=O)c1nn(-c2ccccc2)c2c1CCC2. The van der Waals surface area contributed by atoms with Gasteiger partial charge in [0.15, 0.2) is 12.3 Å². The number of aromatic nitrogens is 2. The van der Waals surface area contributed by atoms with Crippen molar-refractivity contribution in [3.63, 3.8) is 0 Å². The molecule has 1 heterocycles. The van der Waals surface area contributed by atoms with Crippen molar-refractivity contribution in [1.29, 1.82) is 0 Å². The van der Waals surface area contributed by atoms with Crippen molar-refractivity contribution in [2.24, 2.45) is 5.92 Å². The molecular formula is C20H25N3O3. The first kappa shape index (κ1) is 18.2. The van der Waals surface area contributed by atoms with E-state index in [1.165, 1.54) is 0 Å². The van der Waals surface area contributed by atoms with Crippen LogP contribution in [0.3, 0.4) is 0 Å². The highest BCUT2D eigenvalue weighted by Crippen LogP contribution is 2.28. The molecule has 1 amide bonds. The van der Waals surface area contributed by atoms with Gasteiger partial charge in [-0.1, -0.05) is 32.0 Å². The van der Waals surface area contributed by atoms with Gasteiger partial charge in [0.25, 0.3) is 5.91 Å². The van der Waals surface area contributed by atoms with Gasteiger partial charge < -0.3 is 10.1 Å². The first-order valence-corrected chi connectivity index (χ1v) is 9.10. The van der Waals surface area contributed by atoms with Crippen LogP contribution >= 0.6 is 0 Å². The smallest absolute Gasteiger partial charge is 0.359 e. The number of benzene rings is 1. The van der Waals surface area contributed by atoms with Crippen molar-refractivity contribution in [1.82, 2.24) is 15.1 Å². The topological polar surface area (TPSA) is 73.2 Å². The summed E-state index contributed by atoms with van der Waals surface area (Å²) in [6.45, 7) is 5.69. The third-order valence-corrected chi connectivity index (χ3v) is 4.85. The second kappa shape index (κ2) is 7.72. The summed E-state index contributed by atoms with van der Waals surface area (Å²) in [4.78, 5) is 24.4. The fourth-order valence-electron chi connectivity index (χ4n) is 3.05. The van der Waals surface area contributed by atoms with Gasteiger partial charge in [-0.25, -0.2) is 9.48 Å². The molecule has 0 bridgehead atoms. The zero-order chi connectivity index (χ0) is 18.7. The molecule has 0 spiro atoms. The highest BCUT2D eigenvalue weighted by Gasteiger charge is 2.28. The van der Waals surface area contributed by atoms with Crippen molar-refractivity contribution in [2.45, 2.75) is 46.1 Å². The van der Waals surface area contributed by atoms with Crippen molar-refractivity contribution in [3.05, 3.63) is 47.3 Å². The standard InChI is InChI=1S/C20H25N3O3/c1-13(2)14(3)21-18(24)12-26-20(25)19-16-10-7-11-17(16)23(22-19)15-8-5-4-6-9-15/h4-6,8-9,13-14H,7,10-12H2,1-3H3,(H,21,24)/t14-/m1/s1. The zero-order valence-corrected chi connectivity index (χ0v) is 15.5. The third-order valence-electron chi connectivity index (χ3n) is 4.85. The second-order valence-electron chi connectivity index (χ2n) is 7.05. The van der Waals surface area contributed by atoms with Crippen molar-refractivity contribution in [2.75, 3.05) is 6.61 Å². The van der Waals surface area contributed by atoms with Crippen LogP contribution in [0.5, 0.6) is 0 Å². The Balaban J connectivity index is 1.72. The highest BCUT2D eigenvalue weighted by molar-refractivity contribution is 5.91.